The molecule has 140 valence electrons. The molecule has 0 unspecified atom stereocenters. The Kier molecular flexibility index (Phi) is 5.52. The van der Waals surface area contributed by atoms with Crippen LogP contribution in [-0.2, 0) is 17.6 Å². The Morgan fingerprint density at radius 2 is 1.81 bits per heavy atom. The molecular weight excluding hydrogens is 334 g/mol. The first-order valence-electron chi connectivity index (χ1n) is 10.1. The number of aromatic amines is 1. The molecule has 4 nitrogen and oxygen atoms in total. The van der Waals surface area contributed by atoms with Crippen molar-refractivity contribution in [1.82, 2.24) is 9.97 Å². The predicted molar refractivity (Wildman–Crippen MR) is 110 cm³/mol. The van der Waals surface area contributed by atoms with Crippen LogP contribution in [0.2, 0.25) is 0 Å². The molecule has 1 aliphatic carbocycles. The van der Waals surface area contributed by atoms with Crippen molar-refractivity contribution in [1.29, 1.82) is 0 Å². The number of fused-ring (bicyclic) bond motifs is 1. The standard InChI is InChI=1S/C23H27N3O/c27-23(16-12-17-5-1-2-6-17)24-19-13-9-18(10-14-19)11-15-22-25-20-7-3-4-8-21(20)26-22/h3-4,7-10,13-14,17H,1-2,5-6,11-12,15-16H2,(H,24,27)(H,25,26). The lowest BCUT2D eigenvalue weighted by atomic mass is 10.0. The molecule has 1 fully saturated rings. The van der Waals surface area contributed by atoms with Gasteiger partial charge in [-0.15, -0.1) is 0 Å². The van der Waals surface area contributed by atoms with Gasteiger partial charge in [-0.25, -0.2) is 4.98 Å². The molecule has 0 atom stereocenters. The topological polar surface area (TPSA) is 57.8 Å². The Balaban J connectivity index is 1.26. The number of imidazole rings is 1. The van der Waals surface area contributed by atoms with Crippen LogP contribution in [0.25, 0.3) is 11.0 Å². The molecule has 0 saturated heterocycles. The molecule has 0 bridgehead atoms. The van der Waals surface area contributed by atoms with Crippen LogP contribution in [0.15, 0.2) is 48.5 Å². The fourth-order valence-corrected chi connectivity index (χ4v) is 4.00. The number of hydrogen-bond donors (Lipinski definition) is 2. The van der Waals surface area contributed by atoms with Crippen molar-refractivity contribution in [3.63, 3.8) is 0 Å². The van der Waals surface area contributed by atoms with Crippen LogP contribution in [-0.4, -0.2) is 15.9 Å². The molecule has 3 aromatic rings. The van der Waals surface area contributed by atoms with Gasteiger partial charge in [-0.2, -0.15) is 0 Å². The van der Waals surface area contributed by atoms with Crippen LogP contribution < -0.4 is 5.32 Å². The van der Waals surface area contributed by atoms with E-state index in [9.17, 15) is 4.79 Å². The second-order valence-electron chi connectivity index (χ2n) is 7.63. The normalized spacial score (nSPS) is 14.7. The van der Waals surface area contributed by atoms with Crippen LogP contribution in [0.5, 0.6) is 0 Å². The first kappa shape index (κ1) is 17.8. The Hall–Kier alpha value is -2.62. The molecule has 2 aromatic carbocycles. The Morgan fingerprint density at radius 3 is 2.59 bits per heavy atom. The molecule has 4 rings (SSSR count). The molecule has 1 saturated carbocycles. The average Bonchev–Trinajstić information content (AvgIpc) is 3.35. The number of rotatable bonds is 7. The number of aryl methyl sites for hydroxylation is 2. The summed E-state index contributed by atoms with van der Waals surface area (Å²) in [7, 11) is 0. The van der Waals surface area contributed by atoms with E-state index >= 15 is 0 Å². The maximum Gasteiger partial charge on any atom is 0.224 e. The van der Waals surface area contributed by atoms with Crippen molar-refractivity contribution in [2.75, 3.05) is 5.32 Å². The van der Waals surface area contributed by atoms with Crippen LogP contribution in [0.4, 0.5) is 5.69 Å². The van der Waals surface area contributed by atoms with Gasteiger partial charge in [0, 0.05) is 18.5 Å². The van der Waals surface area contributed by atoms with Crippen molar-refractivity contribution in [2.45, 2.75) is 51.4 Å². The third kappa shape index (κ3) is 4.76. The minimum absolute atomic E-state index is 0.136. The highest BCUT2D eigenvalue weighted by Crippen LogP contribution is 2.28. The monoisotopic (exact) mass is 361 g/mol. The first-order valence-corrected chi connectivity index (χ1v) is 10.1. The smallest absolute Gasteiger partial charge is 0.224 e. The highest BCUT2D eigenvalue weighted by Gasteiger charge is 2.16. The van der Waals surface area contributed by atoms with Gasteiger partial charge in [-0.05, 0) is 48.6 Å². The molecule has 27 heavy (non-hydrogen) atoms. The van der Waals surface area contributed by atoms with Crippen molar-refractivity contribution in [2.24, 2.45) is 5.92 Å². The van der Waals surface area contributed by atoms with E-state index in [0.29, 0.717) is 6.42 Å². The van der Waals surface area contributed by atoms with E-state index in [1.807, 2.05) is 30.3 Å². The number of benzene rings is 2. The van der Waals surface area contributed by atoms with E-state index in [2.05, 4.69) is 33.5 Å². The SMILES string of the molecule is O=C(CCC1CCCC1)Nc1ccc(CCc2nc3ccccc3[nH]2)cc1. The van der Waals surface area contributed by atoms with Gasteiger partial charge < -0.3 is 10.3 Å². The Labute approximate surface area is 160 Å². The zero-order valence-electron chi connectivity index (χ0n) is 15.7. The second-order valence-corrected chi connectivity index (χ2v) is 7.63. The predicted octanol–water partition coefficient (Wildman–Crippen LogP) is 5.26. The van der Waals surface area contributed by atoms with Crippen molar-refractivity contribution in [3.05, 3.63) is 59.9 Å². The van der Waals surface area contributed by atoms with E-state index in [1.165, 1.54) is 31.2 Å². The van der Waals surface area contributed by atoms with Gasteiger partial charge in [-0.1, -0.05) is 49.9 Å². The van der Waals surface area contributed by atoms with Crippen LogP contribution in [0.3, 0.4) is 0 Å². The number of carbonyl (C=O) groups excluding carboxylic acids is 1. The van der Waals surface area contributed by atoms with Crippen LogP contribution in [0, 0.1) is 5.92 Å². The van der Waals surface area contributed by atoms with E-state index in [-0.39, 0.29) is 5.91 Å². The number of nitrogens with zero attached hydrogens (tertiary/aromatic N) is 1. The summed E-state index contributed by atoms with van der Waals surface area (Å²) in [5.74, 6) is 1.91. The van der Waals surface area contributed by atoms with Crippen molar-refractivity contribution in [3.8, 4) is 0 Å². The highest BCUT2D eigenvalue weighted by atomic mass is 16.1. The number of H-pyrrole nitrogens is 1. The Bertz CT molecular complexity index is 858. The van der Waals surface area contributed by atoms with Gasteiger partial charge in [0.1, 0.15) is 5.82 Å². The molecular formula is C23H27N3O. The largest absolute Gasteiger partial charge is 0.342 e. The molecule has 4 heteroatoms. The average molecular weight is 361 g/mol. The van der Waals surface area contributed by atoms with Crippen LogP contribution in [0.1, 0.15) is 49.9 Å². The number of carbonyl (C=O) groups is 1. The lowest BCUT2D eigenvalue weighted by Crippen LogP contribution is -2.12. The summed E-state index contributed by atoms with van der Waals surface area (Å²) in [5.41, 5.74) is 4.24. The van der Waals surface area contributed by atoms with E-state index in [4.69, 9.17) is 0 Å². The van der Waals surface area contributed by atoms with E-state index < -0.39 is 0 Å². The molecule has 0 radical (unpaired) electrons. The fraction of sp³-hybridized carbons (Fsp3) is 0.391. The van der Waals surface area contributed by atoms with Gasteiger partial charge in [0.2, 0.25) is 5.91 Å². The number of nitrogens with one attached hydrogen (secondary N) is 2. The summed E-state index contributed by atoms with van der Waals surface area (Å²) in [4.78, 5) is 20.1. The molecule has 1 aliphatic rings. The molecule has 0 aliphatic heterocycles. The summed E-state index contributed by atoms with van der Waals surface area (Å²) >= 11 is 0. The zero-order valence-corrected chi connectivity index (χ0v) is 15.7. The van der Waals surface area contributed by atoms with Crippen LogP contribution >= 0.6 is 0 Å². The third-order valence-corrected chi connectivity index (χ3v) is 5.58. The Morgan fingerprint density at radius 1 is 1.04 bits per heavy atom. The first-order chi connectivity index (χ1) is 13.3. The maximum atomic E-state index is 12.1. The van der Waals surface area contributed by atoms with Gasteiger partial charge in [0.05, 0.1) is 11.0 Å². The molecule has 2 N–H and O–H groups in total. The number of para-hydroxylation sites is 2. The maximum absolute atomic E-state index is 12.1. The minimum Gasteiger partial charge on any atom is -0.342 e. The molecule has 0 spiro atoms. The molecule has 1 heterocycles. The van der Waals surface area contributed by atoms with Gasteiger partial charge in [0.15, 0.2) is 0 Å². The summed E-state index contributed by atoms with van der Waals surface area (Å²) < 4.78 is 0. The highest BCUT2D eigenvalue weighted by molar-refractivity contribution is 5.90. The van der Waals surface area contributed by atoms with Gasteiger partial charge >= 0.3 is 0 Å². The van der Waals surface area contributed by atoms with E-state index in [0.717, 1.165) is 47.7 Å². The zero-order chi connectivity index (χ0) is 18.5. The van der Waals surface area contributed by atoms with Gasteiger partial charge in [0.25, 0.3) is 0 Å². The number of hydrogen-bond acceptors (Lipinski definition) is 2. The summed E-state index contributed by atoms with van der Waals surface area (Å²) in [6.45, 7) is 0. The number of anilines is 1. The fourth-order valence-electron chi connectivity index (χ4n) is 4.00. The van der Waals surface area contributed by atoms with E-state index in [1.54, 1.807) is 0 Å². The summed E-state index contributed by atoms with van der Waals surface area (Å²) in [6.07, 6.45) is 8.74. The second kappa shape index (κ2) is 8.38. The number of aromatic nitrogens is 2. The summed E-state index contributed by atoms with van der Waals surface area (Å²) in [5, 5.41) is 3.03. The lowest BCUT2D eigenvalue weighted by molar-refractivity contribution is -0.116. The third-order valence-electron chi connectivity index (χ3n) is 5.58. The minimum atomic E-state index is 0.136. The summed E-state index contributed by atoms with van der Waals surface area (Å²) in [6, 6.07) is 16.3. The quantitative estimate of drug-likeness (QED) is 0.603. The van der Waals surface area contributed by atoms with Gasteiger partial charge in [-0.3, -0.25) is 4.79 Å². The lowest BCUT2D eigenvalue weighted by Gasteiger charge is -2.09. The number of amides is 1. The van der Waals surface area contributed by atoms with Crippen molar-refractivity contribution >= 4 is 22.6 Å². The van der Waals surface area contributed by atoms with Crippen molar-refractivity contribution < 1.29 is 4.79 Å². The molecule has 1 amide bonds. The molecule has 1 aromatic heterocycles.